The fourth-order valence-corrected chi connectivity index (χ4v) is 9.12. The third-order valence-electron chi connectivity index (χ3n) is 11.1. The van der Waals surface area contributed by atoms with Crippen molar-refractivity contribution in [2.75, 3.05) is 32.7 Å². The lowest BCUT2D eigenvalue weighted by molar-refractivity contribution is 0.177. The highest BCUT2D eigenvalue weighted by molar-refractivity contribution is 4.91. The number of piperidine rings is 1. The Labute approximate surface area is 205 Å². The summed E-state index contributed by atoms with van der Waals surface area (Å²) < 4.78 is 0. The predicted octanol–water partition coefficient (Wildman–Crippen LogP) is 6.22. The third kappa shape index (κ3) is 6.76. The molecule has 0 aromatic heterocycles. The molecule has 6 atom stereocenters. The van der Waals surface area contributed by atoms with Crippen molar-refractivity contribution in [2.45, 2.75) is 115 Å². The lowest BCUT2D eigenvalue weighted by atomic mass is 9.83. The van der Waals surface area contributed by atoms with Gasteiger partial charge in [-0.25, -0.2) is 0 Å². The van der Waals surface area contributed by atoms with Crippen molar-refractivity contribution in [2.24, 2.45) is 47.2 Å². The molecule has 33 heavy (non-hydrogen) atoms. The number of hydrogen-bond donors (Lipinski definition) is 2. The lowest BCUT2D eigenvalue weighted by Gasteiger charge is -2.33. The predicted molar refractivity (Wildman–Crippen MR) is 140 cm³/mol. The normalized spacial score (nSPS) is 37.4. The van der Waals surface area contributed by atoms with Gasteiger partial charge in [0.2, 0.25) is 0 Å². The average Bonchev–Trinajstić information content (AvgIpc) is 3.64. The van der Waals surface area contributed by atoms with Gasteiger partial charge in [0.25, 0.3) is 0 Å². The summed E-state index contributed by atoms with van der Waals surface area (Å²) in [5.41, 5.74) is 5.71. The van der Waals surface area contributed by atoms with E-state index in [2.05, 4.69) is 10.2 Å². The smallest absolute Gasteiger partial charge is 0.00671 e. The Morgan fingerprint density at radius 3 is 1.82 bits per heavy atom. The molecule has 0 radical (unpaired) electrons. The standard InChI is InChI=1S/C30H55N3/c31-14-3-15-33-16-12-23(13-17-33)22-32-30(6-1-4-26-18-24-8-10-28(26)20-24)7-2-5-27-19-25-9-11-29(27)21-25/h23-30,32H,1-22,31H2. The van der Waals surface area contributed by atoms with Gasteiger partial charge in [-0.1, -0.05) is 38.5 Å². The average molecular weight is 458 g/mol. The lowest BCUT2D eigenvalue weighted by Crippen LogP contribution is -2.40. The van der Waals surface area contributed by atoms with E-state index in [1.54, 1.807) is 51.4 Å². The molecule has 3 heteroatoms. The summed E-state index contributed by atoms with van der Waals surface area (Å²) in [5, 5.41) is 4.13. The second-order valence-electron chi connectivity index (χ2n) is 13.3. The van der Waals surface area contributed by atoms with Gasteiger partial charge in [0.15, 0.2) is 0 Å². The first-order chi connectivity index (χ1) is 16.3. The number of rotatable bonds is 14. The van der Waals surface area contributed by atoms with Crippen LogP contribution < -0.4 is 11.1 Å². The van der Waals surface area contributed by atoms with E-state index in [4.69, 9.17) is 5.73 Å². The molecule has 3 nitrogen and oxygen atoms in total. The summed E-state index contributed by atoms with van der Waals surface area (Å²) in [4.78, 5) is 2.64. The van der Waals surface area contributed by atoms with Crippen LogP contribution in [0.5, 0.6) is 0 Å². The molecule has 5 fully saturated rings. The van der Waals surface area contributed by atoms with Gasteiger partial charge in [-0.3, -0.25) is 0 Å². The van der Waals surface area contributed by atoms with E-state index in [0.717, 1.165) is 60.4 Å². The second-order valence-corrected chi connectivity index (χ2v) is 13.3. The van der Waals surface area contributed by atoms with Crippen LogP contribution in [-0.2, 0) is 0 Å². The van der Waals surface area contributed by atoms with E-state index >= 15 is 0 Å². The molecule has 0 amide bonds. The number of nitrogens with two attached hydrogens (primary N) is 1. The number of nitrogens with one attached hydrogen (secondary N) is 1. The summed E-state index contributed by atoms with van der Waals surface area (Å²) >= 11 is 0. The fraction of sp³-hybridized carbons (Fsp3) is 1.00. The molecule has 1 heterocycles. The van der Waals surface area contributed by atoms with Crippen LogP contribution in [0.2, 0.25) is 0 Å². The Morgan fingerprint density at radius 1 is 0.727 bits per heavy atom. The Bertz CT molecular complexity index is 537. The van der Waals surface area contributed by atoms with Gasteiger partial charge in [0, 0.05) is 6.04 Å². The molecule has 3 N–H and O–H groups in total. The zero-order valence-corrected chi connectivity index (χ0v) is 21.7. The van der Waals surface area contributed by atoms with Crippen LogP contribution in [0.4, 0.5) is 0 Å². The molecule has 1 aliphatic heterocycles. The monoisotopic (exact) mass is 457 g/mol. The Hall–Kier alpha value is -0.120. The van der Waals surface area contributed by atoms with Crippen molar-refractivity contribution < 1.29 is 0 Å². The van der Waals surface area contributed by atoms with Crippen molar-refractivity contribution in [3.63, 3.8) is 0 Å². The second kappa shape index (κ2) is 12.2. The summed E-state index contributed by atoms with van der Waals surface area (Å²) in [6, 6.07) is 0.789. The van der Waals surface area contributed by atoms with Gasteiger partial charge in [0.05, 0.1) is 0 Å². The highest BCUT2D eigenvalue weighted by Crippen LogP contribution is 2.51. The van der Waals surface area contributed by atoms with E-state index in [1.807, 2.05) is 0 Å². The van der Waals surface area contributed by atoms with Gasteiger partial charge < -0.3 is 16.0 Å². The van der Waals surface area contributed by atoms with E-state index in [9.17, 15) is 0 Å². The molecule has 0 aromatic rings. The first-order valence-corrected chi connectivity index (χ1v) is 15.4. The number of fused-ring (bicyclic) bond motifs is 4. The Morgan fingerprint density at radius 2 is 1.33 bits per heavy atom. The van der Waals surface area contributed by atoms with Crippen LogP contribution in [0.3, 0.4) is 0 Å². The number of hydrogen-bond acceptors (Lipinski definition) is 3. The molecule has 5 rings (SSSR count). The molecular weight excluding hydrogens is 402 g/mol. The number of nitrogens with zero attached hydrogens (tertiary/aromatic N) is 1. The van der Waals surface area contributed by atoms with E-state index in [-0.39, 0.29) is 0 Å². The van der Waals surface area contributed by atoms with Crippen LogP contribution in [0.25, 0.3) is 0 Å². The molecule has 4 aliphatic carbocycles. The van der Waals surface area contributed by atoms with Crippen molar-refractivity contribution in [1.82, 2.24) is 10.2 Å². The van der Waals surface area contributed by atoms with Crippen molar-refractivity contribution in [1.29, 1.82) is 0 Å². The summed E-state index contributed by atoms with van der Waals surface area (Å²) in [7, 11) is 0. The van der Waals surface area contributed by atoms with Crippen LogP contribution in [0.1, 0.15) is 109 Å². The minimum absolute atomic E-state index is 0.789. The fourth-order valence-electron chi connectivity index (χ4n) is 9.12. The SMILES string of the molecule is NCCCN1CCC(CNC(CCCC2CC3CCC2C3)CCCC2CC3CCC2C3)CC1. The zero-order valence-electron chi connectivity index (χ0n) is 21.7. The maximum atomic E-state index is 5.71. The summed E-state index contributed by atoms with van der Waals surface area (Å²) in [5.74, 6) is 7.55. The minimum atomic E-state index is 0.789. The van der Waals surface area contributed by atoms with E-state index in [1.165, 1.54) is 77.5 Å². The molecule has 6 unspecified atom stereocenters. The van der Waals surface area contributed by atoms with Crippen molar-refractivity contribution in [3.05, 3.63) is 0 Å². The van der Waals surface area contributed by atoms with Crippen LogP contribution >= 0.6 is 0 Å². The molecule has 5 aliphatic rings. The van der Waals surface area contributed by atoms with Gasteiger partial charge in [0.1, 0.15) is 0 Å². The molecule has 190 valence electrons. The highest BCUT2D eigenvalue weighted by atomic mass is 15.1. The minimum Gasteiger partial charge on any atom is -0.330 e. The Balaban J connectivity index is 1.02. The molecule has 1 saturated heterocycles. The van der Waals surface area contributed by atoms with Crippen LogP contribution in [-0.4, -0.2) is 43.7 Å². The third-order valence-corrected chi connectivity index (χ3v) is 11.1. The number of likely N-dealkylation sites (tertiary alicyclic amines) is 1. The van der Waals surface area contributed by atoms with Crippen molar-refractivity contribution >= 4 is 0 Å². The summed E-state index contributed by atoms with van der Waals surface area (Å²) in [6.07, 6.45) is 25.4. The maximum absolute atomic E-state index is 5.71. The van der Waals surface area contributed by atoms with Gasteiger partial charge in [-0.2, -0.15) is 0 Å². The Kier molecular flexibility index (Phi) is 9.10. The molecule has 0 spiro atoms. The molecule has 0 aromatic carbocycles. The quantitative estimate of drug-likeness (QED) is 0.325. The van der Waals surface area contributed by atoms with Gasteiger partial charge in [-0.05, 0) is 145 Å². The maximum Gasteiger partial charge on any atom is 0.00671 e. The van der Waals surface area contributed by atoms with Gasteiger partial charge in [-0.15, -0.1) is 0 Å². The van der Waals surface area contributed by atoms with Crippen molar-refractivity contribution in [3.8, 4) is 0 Å². The topological polar surface area (TPSA) is 41.3 Å². The first kappa shape index (κ1) is 24.6. The largest absolute Gasteiger partial charge is 0.330 e. The van der Waals surface area contributed by atoms with Crippen LogP contribution in [0, 0.1) is 41.4 Å². The highest BCUT2D eigenvalue weighted by Gasteiger charge is 2.39. The van der Waals surface area contributed by atoms with E-state index < -0.39 is 0 Å². The first-order valence-electron chi connectivity index (χ1n) is 15.4. The van der Waals surface area contributed by atoms with Gasteiger partial charge >= 0.3 is 0 Å². The molecular formula is C30H55N3. The summed E-state index contributed by atoms with van der Waals surface area (Å²) in [6.45, 7) is 5.92. The van der Waals surface area contributed by atoms with Crippen LogP contribution in [0.15, 0.2) is 0 Å². The molecule has 4 bridgehead atoms. The van der Waals surface area contributed by atoms with E-state index in [0.29, 0.717) is 0 Å². The molecule has 4 saturated carbocycles. The zero-order chi connectivity index (χ0) is 22.5.